The van der Waals surface area contributed by atoms with Gasteiger partial charge in [0.25, 0.3) is 0 Å². The zero-order valence-electron chi connectivity index (χ0n) is 16.1. The highest BCUT2D eigenvalue weighted by molar-refractivity contribution is 8.00. The van der Waals surface area contributed by atoms with Crippen LogP contribution < -0.4 is 5.32 Å². The summed E-state index contributed by atoms with van der Waals surface area (Å²) in [6.07, 6.45) is 0. The van der Waals surface area contributed by atoms with E-state index < -0.39 is 0 Å². The molecule has 0 aliphatic heterocycles. The molecule has 1 unspecified atom stereocenters. The molecule has 1 atom stereocenters. The number of benzene rings is 2. The van der Waals surface area contributed by atoms with E-state index >= 15 is 0 Å². The largest absolute Gasteiger partial charge is 0.325 e. The van der Waals surface area contributed by atoms with Gasteiger partial charge in [-0.1, -0.05) is 42.1 Å². The van der Waals surface area contributed by atoms with Gasteiger partial charge in [-0.05, 0) is 73.4 Å². The van der Waals surface area contributed by atoms with Gasteiger partial charge >= 0.3 is 0 Å². The Morgan fingerprint density at radius 2 is 1.78 bits per heavy atom. The quantitative estimate of drug-likeness (QED) is 0.676. The van der Waals surface area contributed by atoms with Gasteiger partial charge in [0, 0.05) is 5.69 Å². The molecule has 6 nitrogen and oxygen atoms in total. The number of amides is 1. The Bertz CT molecular complexity index is 962. The fourth-order valence-electron chi connectivity index (χ4n) is 2.85. The third-order valence-corrected chi connectivity index (χ3v) is 5.43. The highest BCUT2D eigenvalue weighted by atomic mass is 32.2. The Kier molecular flexibility index (Phi) is 5.60. The average Bonchev–Trinajstić information content (AvgIpc) is 3.05. The second kappa shape index (κ2) is 7.92. The van der Waals surface area contributed by atoms with Crippen molar-refractivity contribution in [2.45, 2.75) is 45.0 Å². The number of aryl methyl sites for hydroxylation is 4. The molecule has 0 fully saturated rings. The van der Waals surface area contributed by atoms with Gasteiger partial charge in [-0.2, -0.15) is 4.68 Å². The Morgan fingerprint density at radius 3 is 2.48 bits per heavy atom. The van der Waals surface area contributed by atoms with Crippen LogP contribution in [0.2, 0.25) is 0 Å². The first-order valence-electron chi connectivity index (χ1n) is 8.76. The number of carbonyl (C=O) groups is 1. The van der Waals surface area contributed by atoms with Gasteiger partial charge in [0.15, 0.2) is 0 Å². The van der Waals surface area contributed by atoms with Crippen LogP contribution in [0.4, 0.5) is 5.69 Å². The van der Waals surface area contributed by atoms with Crippen molar-refractivity contribution in [1.82, 2.24) is 20.2 Å². The van der Waals surface area contributed by atoms with E-state index in [4.69, 9.17) is 0 Å². The van der Waals surface area contributed by atoms with E-state index in [2.05, 4.69) is 20.8 Å². The van der Waals surface area contributed by atoms with E-state index in [1.165, 1.54) is 11.8 Å². The standard InChI is InChI=1S/C20H23N5OS/c1-12-9-10-13(2)17(11-12)21-19(26)16(5)27-20-22-23-24-25(20)18-14(3)7-6-8-15(18)4/h6-11,16H,1-5H3,(H,21,26). The first kappa shape index (κ1) is 19.1. The number of nitrogens with one attached hydrogen (secondary N) is 1. The highest BCUT2D eigenvalue weighted by Crippen LogP contribution is 2.27. The van der Waals surface area contributed by atoms with Crippen molar-refractivity contribution < 1.29 is 4.79 Å². The van der Waals surface area contributed by atoms with Gasteiger partial charge in [0.1, 0.15) is 0 Å². The van der Waals surface area contributed by atoms with Crippen LogP contribution in [0.3, 0.4) is 0 Å². The molecule has 7 heteroatoms. The lowest BCUT2D eigenvalue weighted by atomic mass is 10.1. The molecule has 1 aromatic heterocycles. The lowest BCUT2D eigenvalue weighted by molar-refractivity contribution is -0.115. The van der Waals surface area contributed by atoms with Crippen molar-refractivity contribution in [2.24, 2.45) is 0 Å². The van der Waals surface area contributed by atoms with Crippen LogP contribution in [0.5, 0.6) is 0 Å². The van der Waals surface area contributed by atoms with Crippen molar-refractivity contribution in [1.29, 1.82) is 0 Å². The third kappa shape index (κ3) is 4.19. The van der Waals surface area contributed by atoms with E-state index in [9.17, 15) is 4.79 Å². The van der Waals surface area contributed by atoms with Gasteiger partial charge in [-0.3, -0.25) is 4.79 Å². The number of nitrogens with zero attached hydrogens (tertiary/aromatic N) is 4. The molecule has 3 rings (SSSR count). The normalized spacial score (nSPS) is 12.0. The summed E-state index contributed by atoms with van der Waals surface area (Å²) in [6, 6.07) is 12.1. The third-order valence-electron chi connectivity index (χ3n) is 4.39. The van der Waals surface area contributed by atoms with Crippen LogP contribution >= 0.6 is 11.8 Å². The minimum atomic E-state index is -0.348. The van der Waals surface area contributed by atoms with Crippen molar-refractivity contribution in [3.05, 3.63) is 58.7 Å². The smallest absolute Gasteiger partial charge is 0.237 e. The SMILES string of the molecule is Cc1ccc(C)c(NC(=O)C(C)Sc2nnnn2-c2c(C)cccc2C)c1. The summed E-state index contributed by atoms with van der Waals surface area (Å²) in [5.74, 6) is -0.0789. The average molecular weight is 382 g/mol. The van der Waals surface area contributed by atoms with Crippen LogP contribution in [0.25, 0.3) is 5.69 Å². The van der Waals surface area contributed by atoms with E-state index in [-0.39, 0.29) is 11.2 Å². The summed E-state index contributed by atoms with van der Waals surface area (Å²) in [5, 5.41) is 15.3. The van der Waals surface area contributed by atoms with Gasteiger partial charge in [0.05, 0.1) is 10.9 Å². The highest BCUT2D eigenvalue weighted by Gasteiger charge is 2.21. The van der Waals surface area contributed by atoms with Gasteiger partial charge in [0.2, 0.25) is 11.1 Å². The van der Waals surface area contributed by atoms with Crippen LogP contribution in [-0.2, 0) is 4.79 Å². The minimum absolute atomic E-state index is 0.0789. The number of tetrazole rings is 1. The molecule has 0 saturated heterocycles. The molecule has 0 aliphatic rings. The maximum atomic E-state index is 12.7. The van der Waals surface area contributed by atoms with Crippen LogP contribution in [-0.4, -0.2) is 31.4 Å². The van der Waals surface area contributed by atoms with Crippen LogP contribution in [0, 0.1) is 27.7 Å². The van der Waals surface area contributed by atoms with Crippen molar-refractivity contribution in [3.8, 4) is 5.69 Å². The summed E-state index contributed by atoms with van der Waals surface area (Å²) in [6.45, 7) is 9.89. The number of anilines is 1. The molecule has 0 radical (unpaired) electrons. The van der Waals surface area contributed by atoms with E-state index in [0.29, 0.717) is 5.16 Å². The van der Waals surface area contributed by atoms with E-state index in [1.54, 1.807) is 4.68 Å². The molecular weight excluding hydrogens is 358 g/mol. The number of hydrogen-bond donors (Lipinski definition) is 1. The Morgan fingerprint density at radius 1 is 1.07 bits per heavy atom. The molecule has 1 amide bonds. The Labute approximate surface area is 163 Å². The number of aromatic nitrogens is 4. The van der Waals surface area contributed by atoms with Gasteiger partial charge < -0.3 is 5.32 Å². The maximum Gasteiger partial charge on any atom is 0.237 e. The number of thioether (sulfide) groups is 1. The Hall–Kier alpha value is -2.67. The van der Waals surface area contributed by atoms with Crippen molar-refractivity contribution in [3.63, 3.8) is 0 Å². The van der Waals surface area contributed by atoms with Crippen LogP contribution in [0.15, 0.2) is 41.6 Å². The molecule has 3 aromatic rings. The zero-order valence-corrected chi connectivity index (χ0v) is 17.0. The predicted molar refractivity (Wildman–Crippen MR) is 108 cm³/mol. The summed E-state index contributed by atoms with van der Waals surface area (Å²) in [7, 11) is 0. The molecule has 0 aliphatic carbocycles. The molecule has 0 spiro atoms. The molecule has 2 aromatic carbocycles. The summed E-state index contributed by atoms with van der Waals surface area (Å²) < 4.78 is 1.71. The molecule has 0 bridgehead atoms. The number of rotatable bonds is 5. The first-order chi connectivity index (χ1) is 12.9. The Balaban J connectivity index is 1.79. The number of carbonyl (C=O) groups excluding carboxylic acids is 1. The minimum Gasteiger partial charge on any atom is -0.325 e. The number of hydrogen-bond acceptors (Lipinski definition) is 5. The predicted octanol–water partition coefficient (Wildman–Crippen LogP) is 4.02. The second-order valence-electron chi connectivity index (χ2n) is 6.68. The zero-order chi connectivity index (χ0) is 19.6. The lowest BCUT2D eigenvalue weighted by Crippen LogP contribution is -2.23. The summed E-state index contributed by atoms with van der Waals surface area (Å²) in [4.78, 5) is 12.7. The monoisotopic (exact) mass is 381 g/mol. The number of para-hydroxylation sites is 1. The molecule has 1 heterocycles. The summed E-state index contributed by atoms with van der Waals surface area (Å²) in [5.41, 5.74) is 6.09. The van der Waals surface area contributed by atoms with E-state index in [0.717, 1.165) is 33.6 Å². The van der Waals surface area contributed by atoms with Gasteiger partial charge in [-0.15, -0.1) is 5.10 Å². The molecule has 27 heavy (non-hydrogen) atoms. The molecule has 140 valence electrons. The molecule has 1 N–H and O–H groups in total. The summed E-state index contributed by atoms with van der Waals surface area (Å²) >= 11 is 1.34. The van der Waals surface area contributed by atoms with E-state index in [1.807, 2.05) is 71.0 Å². The molecular formula is C20H23N5OS. The molecule has 0 saturated carbocycles. The van der Waals surface area contributed by atoms with Crippen LogP contribution in [0.1, 0.15) is 29.2 Å². The fourth-order valence-corrected chi connectivity index (χ4v) is 3.64. The van der Waals surface area contributed by atoms with Gasteiger partial charge in [-0.25, -0.2) is 0 Å². The topological polar surface area (TPSA) is 72.7 Å². The second-order valence-corrected chi connectivity index (χ2v) is 7.99. The maximum absolute atomic E-state index is 12.7. The van der Waals surface area contributed by atoms with Crippen molar-refractivity contribution in [2.75, 3.05) is 5.32 Å². The lowest BCUT2D eigenvalue weighted by Gasteiger charge is -2.15. The fraction of sp³-hybridized carbons (Fsp3) is 0.300. The van der Waals surface area contributed by atoms with Crippen molar-refractivity contribution >= 4 is 23.4 Å². The first-order valence-corrected chi connectivity index (χ1v) is 9.64.